The maximum Gasteiger partial charge on any atom is 0.313 e. The molecule has 3 heterocycles. The van der Waals surface area contributed by atoms with Crippen LogP contribution >= 0.6 is 23.2 Å². The Morgan fingerprint density at radius 3 is 1.65 bits per heavy atom. The highest BCUT2D eigenvalue weighted by atomic mass is 35.5. The lowest BCUT2D eigenvalue weighted by Gasteiger charge is -2.23. The number of nitrogens with two attached hydrogens (primary N) is 1. The molecule has 0 aliphatic carbocycles. The molecule has 1 aliphatic rings. The van der Waals surface area contributed by atoms with Crippen LogP contribution in [-0.4, -0.2) is 200 Å². The zero-order valence-electron chi connectivity index (χ0n) is 45.3. The van der Waals surface area contributed by atoms with Crippen molar-refractivity contribution < 1.29 is 79.5 Å². The molecular weight excluding hydrogens is 1120 g/mol. The van der Waals surface area contributed by atoms with E-state index in [4.69, 9.17) is 85.6 Å². The normalized spacial score (nSPS) is 12.4. The maximum absolute atomic E-state index is 13.6. The molecule has 28 heteroatoms. The van der Waals surface area contributed by atoms with Gasteiger partial charge in [-0.05, 0) is 36.3 Å². The van der Waals surface area contributed by atoms with E-state index in [0.29, 0.717) is 142 Å². The molecule has 0 bridgehead atoms. The summed E-state index contributed by atoms with van der Waals surface area (Å²) in [5.74, 6) is -0.404. The van der Waals surface area contributed by atoms with Crippen molar-refractivity contribution in [2.75, 3.05) is 139 Å². The van der Waals surface area contributed by atoms with Gasteiger partial charge in [0.2, 0.25) is 5.91 Å². The smallest absolute Gasteiger partial charge is 0.313 e. The molecule has 0 atom stereocenters. The number of fused-ring (bicyclic) bond motifs is 1. The molecule has 2 aromatic heterocycles. The monoisotopic (exact) mass is 1190 g/mol. The SMILES string of the molecule is CCCN(Cc1cn[nH]c1)C(=O)C1=Cc2ccc(-c3cnc(CNC(=O)CCOCCOCCOCCOCCOCCOCCOCCOCCOCCOCCC(=O)Oc4c(Cl)cc(S(=O)(=O)O)cc4Cl)nc3)cc2N=C(N)C1. The van der Waals surface area contributed by atoms with Crippen molar-refractivity contribution in [3.8, 4) is 16.9 Å². The number of ether oxygens (including phenoxy) is 11. The molecule has 0 saturated carbocycles. The van der Waals surface area contributed by atoms with E-state index >= 15 is 0 Å². The number of carbonyl (C=O) groups excluding carboxylic acids is 3. The van der Waals surface area contributed by atoms with Gasteiger partial charge in [0.25, 0.3) is 16.0 Å². The number of nitrogens with one attached hydrogen (secondary N) is 2. The molecule has 81 heavy (non-hydrogen) atoms. The highest BCUT2D eigenvalue weighted by molar-refractivity contribution is 7.85. The largest absolute Gasteiger partial charge is 0.423 e. The lowest BCUT2D eigenvalue weighted by Crippen LogP contribution is -2.33. The minimum atomic E-state index is -4.53. The number of H-pyrrole nitrogens is 1. The summed E-state index contributed by atoms with van der Waals surface area (Å²) in [5.41, 5.74) is 10.8. The molecule has 25 nitrogen and oxygen atoms in total. The van der Waals surface area contributed by atoms with Gasteiger partial charge in [0.15, 0.2) is 5.75 Å². The molecule has 0 unspecified atom stereocenters. The number of aromatic amines is 1. The second-order valence-electron chi connectivity index (χ2n) is 17.5. The van der Waals surface area contributed by atoms with Crippen molar-refractivity contribution in [1.82, 2.24) is 30.4 Å². The van der Waals surface area contributed by atoms with Gasteiger partial charge in [-0.3, -0.25) is 24.0 Å². The molecule has 0 radical (unpaired) electrons. The molecule has 5 rings (SSSR count). The first-order valence-corrected chi connectivity index (χ1v) is 28.5. The van der Waals surface area contributed by atoms with Gasteiger partial charge >= 0.3 is 5.97 Å². The fourth-order valence-corrected chi connectivity index (χ4v) is 8.46. The van der Waals surface area contributed by atoms with E-state index in [9.17, 15) is 22.8 Å². The Kier molecular flexibility index (Phi) is 31.3. The number of aliphatic imine (C=N–C) groups is 1. The first kappa shape index (κ1) is 66.2. The third-order valence-corrected chi connectivity index (χ3v) is 12.6. The topological polar surface area (TPSA) is 315 Å². The zero-order valence-corrected chi connectivity index (χ0v) is 47.7. The lowest BCUT2D eigenvalue weighted by molar-refractivity contribution is -0.135. The first-order valence-electron chi connectivity index (χ1n) is 26.3. The fourth-order valence-electron chi connectivity index (χ4n) is 7.23. The number of carbonyl (C=O) groups is 3. The summed E-state index contributed by atoms with van der Waals surface area (Å²) < 4.78 is 91.5. The van der Waals surface area contributed by atoms with Crippen LogP contribution in [-0.2, 0) is 85.0 Å². The van der Waals surface area contributed by atoms with Gasteiger partial charge in [0.05, 0.1) is 172 Å². The number of halogens is 2. The third kappa shape index (κ3) is 26.5. The summed E-state index contributed by atoms with van der Waals surface area (Å²) in [6.45, 7) is 10.5. The third-order valence-electron chi connectivity index (χ3n) is 11.2. The first-order chi connectivity index (χ1) is 39.3. The number of nitrogens with zero attached hydrogens (tertiary/aromatic N) is 5. The number of rotatable bonds is 43. The molecule has 0 spiro atoms. The summed E-state index contributed by atoms with van der Waals surface area (Å²) >= 11 is 11.9. The molecular formula is C53H72Cl2N8O17S. The van der Waals surface area contributed by atoms with Gasteiger partial charge in [0, 0.05) is 66.8 Å². The molecule has 1 aliphatic heterocycles. The molecule has 4 aromatic rings. The quantitative estimate of drug-likeness (QED) is 0.0200. The average Bonchev–Trinajstić information content (AvgIpc) is 3.96. The minimum Gasteiger partial charge on any atom is -0.423 e. The fraction of sp³-hybridized carbons (Fsp3) is 0.528. The zero-order chi connectivity index (χ0) is 57.9. The van der Waals surface area contributed by atoms with Crippen LogP contribution in [0.2, 0.25) is 10.0 Å². The molecule has 2 aromatic carbocycles. The number of benzene rings is 2. The van der Waals surface area contributed by atoms with Crippen molar-refractivity contribution in [3.05, 3.63) is 87.7 Å². The summed E-state index contributed by atoms with van der Waals surface area (Å²) in [6, 6.07) is 7.57. The highest BCUT2D eigenvalue weighted by Gasteiger charge is 2.23. The Labute approximate surface area is 481 Å². The summed E-state index contributed by atoms with van der Waals surface area (Å²) in [7, 11) is -4.53. The number of hydrogen-bond acceptors (Lipinski definition) is 21. The molecule has 446 valence electrons. The Morgan fingerprint density at radius 1 is 0.691 bits per heavy atom. The van der Waals surface area contributed by atoms with Crippen molar-refractivity contribution in [1.29, 1.82) is 0 Å². The second kappa shape index (κ2) is 38.3. The van der Waals surface area contributed by atoms with Gasteiger partial charge in [-0.25, -0.2) is 15.0 Å². The van der Waals surface area contributed by atoms with E-state index in [0.717, 1.165) is 40.8 Å². The summed E-state index contributed by atoms with van der Waals surface area (Å²) in [6.07, 6.45) is 9.83. The van der Waals surface area contributed by atoms with E-state index < -0.39 is 21.0 Å². The molecule has 5 N–H and O–H groups in total. The van der Waals surface area contributed by atoms with Gasteiger partial charge in [0.1, 0.15) is 11.7 Å². The van der Waals surface area contributed by atoms with E-state index in [1.807, 2.05) is 31.2 Å². The standard InChI is InChI=1S/C53H72Cl2N8O17S/c1-2-7-63(38-39-33-60-61-34-39)53(66)42-28-41-4-3-40(29-47(41)62-48(56)30-42)43-35-57-49(58-36-43)37-59-50(64)5-8-70-10-12-72-14-16-74-18-20-76-22-24-78-26-27-79-25-23-77-21-19-75-17-15-73-13-11-71-9-6-51(65)80-52-45(54)31-44(32-46(52)55)81(67,68)69/h3-4,28-29,31-36H,2,5-27,30,37-38H2,1H3,(H2,56,62)(H,59,64)(H,60,61)(H,67,68,69). The van der Waals surface area contributed by atoms with Crippen molar-refractivity contribution in [2.24, 2.45) is 10.7 Å². The van der Waals surface area contributed by atoms with E-state index in [1.165, 1.54) is 0 Å². The Bertz CT molecular complexity index is 2670. The summed E-state index contributed by atoms with van der Waals surface area (Å²) in [4.78, 5) is 52.9. The molecule has 2 amide bonds. The van der Waals surface area contributed by atoms with E-state index in [1.54, 1.807) is 29.7 Å². The summed E-state index contributed by atoms with van der Waals surface area (Å²) in [5, 5.41) is 9.11. The highest BCUT2D eigenvalue weighted by Crippen LogP contribution is 2.36. The van der Waals surface area contributed by atoms with Crippen LogP contribution in [0.1, 0.15) is 49.6 Å². The van der Waals surface area contributed by atoms with Gasteiger partial charge in [-0.2, -0.15) is 13.5 Å². The predicted octanol–water partition coefficient (Wildman–Crippen LogP) is 4.80. The van der Waals surface area contributed by atoms with Gasteiger partial charge in [-0.1, -0.05) is 42.3 Å². The second-order valence-corrected chi connectivity index (χ2v) is 19.7. The lowest BCUT2D eigenvalue weighted by atomic mass is 10.0. The number of amides is 2. The number of amidine groups is 1. The van der Waals surface area contributed by atoms with Crippen LogP contribution in [0.5, 0.6) is 5.75 Å². The van der Waals surface area contributed by atoms with Crippen LogP contribution in [0.15, 0.2) is 70.6 Å². The van der Waals surface area contributed by atoms with Crippen molar-refractivity contribution in [2.45, 2.75) is 50.6 Å². The van der Waals surface area contributed by atoms with Crippen LogP contribution in [0, 0.1) is 0 Å². The van der Waals surface area contributed by atoms with Crippen LogP contribution in [0.25, 0.3) is 17.2 Å². The van der Waals surface area contributed by atoms with Gasteiger partial charge < -0.3 is 68.1 Å². The number of esters is 1. The minimum absolute atomic E-state index is 0.0425. The van der Waals surface area contributed by atoms with Crippen molar-refractivity contribution >= 4 is 68.7 Å². The maximum atomic E-state index is 13.6. The van der Waals surface area contributed by atoms with E-state index in [-0.39, 0.29) is 79.8 Å². The average molecular weight is 1200 g/mol. The number of hydrogen-bond donors (Lipinski definition) is 4. The molecule has 0 fully saturated rings. The Morgan fingerprint density at radius 2 is 1.19 bits per heavy atom. The number of aromatic nitrogens is 4. The van der Waals surface area contributed by atoms with Gasteiger partial charge in [-0.15, -0.1) is 0 Å². The van der Waals surface area contributed by atoms with E-state index in [2.05, 4.69) is 30.5 Å². The van der Waals surface area contributed by atoms with Crippen LogP contribution in [0.4, 0.5) is 5.69 Å². The van der Waals surface area contributed by atoms with Crippen LogP contribution < -0.4 is 15.8 Å². The van der Waals surface area contributed by atoms with Crippen LogP contribution in [0.3, 0.4) is 0 Å². The molecule has 0 saturated heterocycles. The Balaban J connectivity index is 0.742. The Hall–Kier alpha value is -5.56. The van der Waals surface area contributed by atoms with Crippen molar-refractivity contribution in [3.63, 3.8) is 0 Å². The predicted molar refractivity (Wildman–Crippen MR) is 297 cm³/mol.